The van der Waals surface area contributed by atoms with Crippen molar-refractivity contribution in [2.75, 3.05) is 14.2 Å². The summed E-state index contributed by atoms with van der Waals surface area (Å²) in [7, 11) is 3.18. The first kappa shape index (κ1) is 20.6. The van der Waals surface area contributed by atoms with Crippen LogP contribution in [0.25, 0.3) is 0 Å². The molecule has 0 unspecified atom stereocenters. The summed E-state index contributed by atoms with van der Waals surface area (Å²) in [4.78, 5) is 12.6. The molecule has 0 aliphatic carbocycles. The van der Waals surface area contributed by atoms with Gasteiger partial charge < -0.3 is 19.5 Å². The molecule has 0 saturated carbocycles. The van der Waals surface area contributed by atoms with Gasteiger partial charge in [-0.05, 0) is 75.1 Å². The highest BCUT2D eigenvalue weighted by molar-refractivity contribution is 5.81. The number of methoxy groups -OCH3 is 2. The van der Waals surface area contributed by atoms with Gasteiger partial charge in [0.15, 0.2) is 17.6 Å². The molecule has 0 saturated heterocycles. The molecule has 0 spiro atoms. The summed E-state index contributed by atoms with van der Waals surface area (Å²) in [5.41, 5.74) is 4.24. The minimum absolute atomic E-state index is 0.171. The second-order valence-electron chi connectivity index (χ2n) is 6.81. The molecule has 0 fully saturated rings. The number of amides is 1. The topological polar surface area (TPSA) is 56.8 Å². The number of rotatable bonds is 7. The van der Waals surface area contributed by atoms with E-state index in [1.807, 2.05) is 52.0 Å². The molecule has 2 aromatic carbocycles. The van der Waals surface area contributed by atoms with Crippen LogP contribution in [0, 0.1) is 20.8 Å². The molecule has 0 heterocycles. The number of ether oxygens (including phenoxy) is 3. The third-order valence-electron chi connectivity index (χ3n) is 4.70. The zero-order chi connectivity index (χ0) is 20.1. The van der Waals surface area contributed by atoms with E-state index in [0.29, 0.717) is 11.5 Å². The summed E-state index contributed by atoms with van der Waals surface area (Å²) in [6.45, 7) is 9.74. The molecular formula is C22H29NO4. The summed E-state index contributed by atoms with van der Waals surface area (Å²) in [6.07, 6.45) is -0.604. The summed E-state index contributed by atoms with van der Waals surface area (Å²) in [5, 5.41) is 2.99. The predicted molar refractivity (Wildman–Crippen MR) is 107 cm³/mol. The Balaban J connectivity index is 2.08. The molecular weight excluding hydrogens is 342 g/mol. The lowest BCUT2D eigenvalue weighted by Crippen LogP contribution is -2.37. The number of hydrogen-bond donors (Lipinski definition) is 1. The second-order valence-corrected chi connectivity index (χ2v) is 6.81. The predicted octanol–water partition coefficient (Wildman–Crippen LogP) is 4.27. The molecule has 5 nitrogen and oxygen atoms in total. The fourth-order valence-corrected chi connectivity index (χ4v) is 2.90. The van der Waals surface area contributed by atoms with E-state index in [2.05, 4.69) is 11.4 Å². The Bertz CT molecular complexity index is 816. The van der Waals surface area contributed by atoms with Crippen LogP contribution in [0.4, 0.5) is 0 Å². The van der Waals surface area contributed by atoms with Crippen LogP contribution in [0.3, 0.4) is 0 Å². The largest absolute Gasteiger partial charge is 0.493 e. The lowest BCUT2D eigenvalue weighted by atomic mass is 10.1. The Hall–Kier alpha value is -2.69. The van der Waals surface area contributed by atoms with Gasteiger partial charge in [0.1, 0.15) is 5.75 Å². The Morgan fingerprint density at radius 3 is 2.22 bits per heavy atom. The number of aryl methyl sites for hydroxylation is 2. The van der Waals surface area contributed by atoms with Crippen LogP contribution in [0.1, 0.15) is 42.1 Å². The summed E-state index contributed by atoms with van der Waals surface area (Å²) in [6, 6.07) is 9.48. The summed E-state index contributed by atoms with van der Waals surface area (Å²) >= 11 is 0. The highest BCUT2D eigenvalue weighted by Gasteiger charge is 2.20. The van der Waals surface area contributed by atoms with E-state index < -0.39 is 6.10 Å². The third kappa shape index (κ3) is 4.94. The van der Waals surface area contributed by atoms with Crippen LogP contribution in [-0.2, 0) is 4.79 Å². The van der Waals surface area contributed by atoms with E-state index in [1.165, 1.54) is 0 Å². The fourth-order valence-electron chi connectivity index (χ4n) is 2.90. The minimum atomic E-state index is -0.604. The Morgan fingerprint density at radius 1 is 0.926 bits per heavy atom. The first-order valence-electron chi connectivity index (χ1n) is 9.03. The Morgan fingerprint density at radius 2 is 1.59 bits per heavy atom. The van der Waals surface area contributed by atoms with Crippen LogP contribution in [-0.4, -0.2) is 26.2 Å². The van der Waals surface area contributed by atoms with Gasteiger partial charge in [0, 0.05) is 0 Å². The van der Waals surface area contributed by atoms with Crippen LogP contribution in [0.5, 0.6) is 17.2 Å². The highest BCUT2D eigenvalue weighted by atomic mass is 16.5. The van der Waals surface area contributed by atoms with E-state index >= 15 is 0 Å². The Kier molecular flexibility index (Phi) is 6.72. The molecule has 0 aliphatic rings. The van der Waals surface area contributed by atoms with Gasteiger partial charge in [-0.1, -0.05) is 12.1 Å². The van der Waals surface area contributed by atoms with Gasteiger partial charge in [0.05, 0.1) is 20.3 Å². The second kappa shape index (κ2) is 8.80. The van der Waals surface area contributed by atoms with Gasteiger partial charge in [-0.3, -0.25) is 4.79 Å². The van der Waals surface area contributed by atoms with E-state index in [4.69, 9.17) is 14.2 Å². The van der Waals surface area contributed by atoms with E-state index in [0.717, 1.165) is 28.0 Å². The first-order valence-corrected chi connectivity index (χ1v) is 9.03. The van der Waals surface area contributed by atoms with Crippen LogP contribution in [0.2, 0.25) is 0 Å². The van der Waals surface area contributed by atoms with Gasteiger partial charge in [-0.2, -0.15) is 0 Å². The Labute approximate surface area is 161 Å². The zero-order valence-corrected chi connectivity index (χ0v) is 17.2. The van der Waals surface area contributed by atoms with E-state index in [9.17, 15) is 4.79 Å². The molecule has 0 aliphatic heterocycles. The summed E-state index contributed by atoms with van der Waals surface area (Å²) < 4.78 is 16.5. The van der Waals surface area contributed by atoms with Gasteiger partial charge in [-0.15, -0.1) is 0 Å². The lowest BCUT2D eigenvalue weighted by Gasteiger charge is -2.21. The maximum Gasteiger partial charge on any atom is 0.261 e. The molecule has 2 rings (SSSR count). The van der Waals surface area contributed by atoms with Crippen LogP contribution in [0.15, 0.2) is 30.3 Å². The molecule has 0 bridgehead atoms. The van der Waals surface area contributed by atoms with Gasteiger partial charge in [-0.25, -0.2) is 0 Å². The average molecular weight is 371 g/mol. The van der Waals surface area contributed by atoms with E-state index in [1.54, 1.807) is 21.1 Å². The molecule has 0 aromatic heterocycles. The minimum Gasteiger partial charge on any atom is -0.493 e. The smallest absolute Gasteiger partial charge is 0.261 e. The van der Waals surface area contributed by atoms with Crippen molar-refractivity contribution in [1.82, 2.24) is 5.32 Å². The first-order chi connectivity index (χ1) is 12.8. The van der Waals surface area contributed by atoms with E-state index in [-0.39, 0.29) is 11.9 Å². The molecule has 2 atom stereocenters. The van der Waals surface area contributed by atoms with Crippen molar-refractivity contribution in [3.63, 3.8) is 0 Å². The van der Waals surface area contributed by atoms with Crippen molar-refractivity contribution in [3.8, 4) is 17.2 Å². The average Bonchev–Trinajstić information content (AvgIpc) is 2.64. The molecule has 1 N–H and O–H groups in total. The summed E-state index contributed by atoms with van der Waals surface area (Å²) in [5.74, 6) is 1.86. The van der Waals surface area contributed by atoms with Crippen molar-refractivity contribution in [2.45, 2.75) is 46.8 Å². The number of carbonyl (C=O) groups is 1. The lowest BCUT2D eigenvalue weighted by molar-refractivity contribution is -0.127. The SMILES string of the molecule is COc1ccc([C@H](C)NC(=O)[C@H](C)Oc2cc(C)cc(C)c2C)cc1OC. The quantitative estimate of drug-likeness (QED) is 0.789. The molecule has 0 radical (unpaired) electrons. The highest BCUT2D eigenvalue weighted by Crippen LogP contribution is 2.30. The zero-order valence-electron chi connectivity index (χ0n) is 17.2. The van der Waals surface area contributed by atoms with Crippen molar-refractivity contribution in [1.29, 1.82) is 0 Å². The van der Waals surface area contributed by atoms with Crippen LogP contribution < -0.4 is 19.5 Å². The number of carbonyl (C=O) groups excluding carboxylic acids is 1. The maximum absolute atomic E-state index is 12.6. The normalized spacial score (nSPS) is 12.9. The third-order valence-corrected chi connectivity index (χ3v) is 4.70. The van der Waals surface area contributed by atoms with Crippen molar-refractivity contribution in [2.24, 2.45) is 0 Å². The van der Waals surface area contributed by atoms with Crippen molar-refractivity contribution >= 4 is 5.91 Å². The fraction of sp³-hybridized carbons (Fsp3) is 0.409. The number of nitrogens with one attached hydrogen (secondary N) is 1. The maximum atomic E-state index is 12.6. The standard InChI is InChI=1S/C22H29NO4/c1-13-10-14(2)15(3)20(11-13)27-17(5)22(24)23-16(4)18-8-9-19(25-6)21(12-18)26-7/h8-12,16-17H,1-7H3,(H,23,24)/t16-,17-/m0/s1. The van der Waals surface area contributed by atoms with Gasteiger partial charge in [0.2, 0.25) is 0 Å². The number of benzene rings is 2. The molecule has 27 heavy (non-hydrogen) atoms. The number of hydrogen-bond acceptors (Lipinski definition) is 4. The van der Waals surface area contributed by atoms with Crippen molar-refractivity contribution < 1.29 is 19.0 Å². The van der Waals surface area contributed by atoms with Gasteiger partial charge in [0.25, 0.3) is 5.91 Å². The molecule has 1 amide bonds. The van der Waals surface area contributed by atoms with Crippen molar-refractivity contribution in [3.05, 3.63) is 52.6 Å². The molecule has 146 valence electrons. The van der Waals surface area contributed by atoms with Crippen LogP contribution >= 0.6 is 0 Å². The monoisotopic (exact) mass is 371 g/mol. The molecule has 5 heteroatoms. The molecule has 2 aromatic rings. The van der Waals surface area contributed by atoms with Gasteiger partial charge >= 0.3 is 0 Å².